The Bertz CT molecular complexity index is 479. The maximum absolute atomic E-state index is 4.34. The van der Waals surface area contributed by atoms with Crippen LogP contribution in [0.4, 0.5) is 17.3 Å². The lowest BCUT2D eigenvalue weighted by Gasteiger charge is -2.07. The summed E-state index contributed by atoms with van der Waals surface area (Å²) in [6.45, 7) is 2.14. The Morgan fingerprint density at radius 3 is 2.41 bits per heavy atom. The first kappa shape index (κ1) is 11.4. The van der Waals surface area contributed by atoms with Crippen LogP contribution in [0.15, 0.2) is 36.7 Å². The van der Waals surface area contributed by atoms with Crippen molar-refractivity contribution >= 4 is 17.3 Å². The molecular formula is C13H16N4. The third kappa shape index (κ3) is 2.93. The van der Waals surface area contributed by atoms with Crippen molar-refractivity contribution in [1.82, 2.24) is 9.97 Å². The Morgan fingerprint density at radius 1 is 1.06 bits per heavy atom. The van der Waals surface area contributed by atoms with Gasteiger partial charge in [-0.2, -0.15) is 0 Å². The summed E-state index contributed by atoms with van der Waals surface area (Å²) in [5, 5.41) is 6.17. The molecule has 0 aliphatic carbocycles. The highest BCUT2D eigenvalue weighted by molar-refractivity contribution is 5.57. The second kappa shape index (κ2) is 5.30. The van der Waals surface area contributed by atoms with Gasteiger partial charge in [-0.25, -0.2) is 4.98 Å². The molecule has 0 aliphatic rings. The molecular weight excluding hydrogens is 212 g/mol. The van der Waals surface area contributed by atoms with E-state index in [9.17, 15) is 0 Å². The molecule has 2 rings (SSSR count). The lowest BCUT2D eigenvalue weighted by molar-refractivity contribution is 1.14. The van der Waals surface area contributed by atoms with Gasteiger partial charge in [-0.3, -0.25) is 4.98 Å². The number of nitrogens with zero attached hydrogens (tertiary/aromatic N) is 2. The fourth-order valence-electron chi connectivity index (χ4n) is 1.52. The van der Waals surface area contributed by atoms with Crippen LogP contribution < -0.4 is 10.6 Å². The summed E-state index contributed by atoms with van der Waals surface area (Å²) in [5.74, 6) is 1.49. The van der Waals surface area contributed by atoms with Crippen molar-refractivity contribution in [2.75, 3.05) is 17.7 Å². The van der Waals surface area contributed by atoms with Gasteiger partial charge in [0.1, 0.15) is 5.82 Å². The van der Waals surface area contributed by atoms with Crippen molar-refractivity contribution < 1.29 is 0 Å². The Balaban J connectivity index is 2.13. The molecule has 0 saturated heterocycles. The van der Waals surface area contributed by atoms with Crippen molar-refractivity contribution in [3.8, 4) is 0 Å². The monoisotopic (exact) mass is 228 g/mol. The number of benzene rings is 1. The van der Waals surface area contributed by atoms with E-state index in [0.717, 1.165) is 23.7 Å². The van der Waals surface area contributed by atoms with Crippen LogP contribution in [0.5, 0.6) is 0 Å². The SMILES string of the molecule is CCc1ccc(Nc2cncc(NC)n2)cc1. The number of nitrogens with one attached hydrogen (secondary N) is 2. The zero-order valence-corrected chi connectivity index (χ0v) is 10.1. The molecule has 4 heteroatoms. The fourth-order valence-corrected chi connectivity index (χ4v) is 1.52. The number of aromatic nitrogens is 2. The highest BCUT2D eigenvalue weighted by Crippen LogP contribution is 2.15. The predicted molar refractivity (Wildman–Crippen MR) is 70.7 cm³/mol. The molecule has 4 nitrogen and oxygen atoms in total. The van der Waals surface area contributed by atoms with Crippen molar-refractivity contribution in [2.24, 2.45) is 0 Å². The summed E-state index contributed by atoms with van der Waals surface area (Å²) in [4.78, 5) is 8.44. The third-order valence-corrected chi connectivity index (χ3v) is 2.53. The highest BCUT2D eigenvalue weighted by Gasteiger charge is 1.98. The summed E-state index contributed by atoms with van der Waals surface area (Å²) in [6, 6.07) is 8.31. The zero-order chi connectivity index (χ0) is 12.1. The van der Waals surface area contributed by atoms with Gasteiger partial charge in [0.2, 0.25) is 0 Å². The van der Waals surface area contributed by atoms with Crippen LogP contribution in [0.2, 0.25) is 0 Å². The van der Waals surface area contributed by atoms with Gasteiger partial charge in [-0.15, -0.1) is 0 Å². The lowest BCUT2D eigenvalue weighted by Crippen LogP contribution is -1.98. The number of hydrogen-bond acceptors (Lipinski definition) is 4. The molecule has 17 heavy (non-hydrogen) atoms. The van der Waals surface area contributed by atoms with Crippen LogP contribution in [-0.2, 0) is 6.42 Å². The van der Waals surface area contributed by atoms with Crippen LogP contribution in [0, 0.1) is 0 Å². The summed E-state index contributed by atoms with van der Waals surface area (Å²) in [6.07, 6.45) is 4.44. The largest absolute Gasteiger partial charge is 0.372 e. The molecule has 2 N–H and O–H groups in total. The molecule has 0 amide bonds. The van der Waals surface area contributed by atoms with E-state index in [0.29, 0.717) is 0 Å². The van der Waals surface area contributed by atoms with Gasteiger partial charge in [0.05, 0.1) is 12.4 Å². The summed E-state index contributed by atoms with van der Waals surface area (Å²) >= 11 is 0. The van der Waals surface area contributed by atoms with Crippen molar-refractivity contribution in [3.63, 3.8) is 0 Å². The van der Waals surface area contributed by atoms with E-state index in [1.165, 1.54) is 5.56 Å². The normalized spacial score (nSPS) is 10.0. The number of anilines is 3. The van der Waals surface area contributed by atoms with Gasteiger partial charge in [0.15, 0.2) is 5.82 Å². The van der Waals surface area contributed by atoms with Gasteiger partial charge >= 0.3 is 0 Å². The molecule has 0 radical (unpaired) electrons. The molecule has 1 aromatic carbocycles. The predicted octanol–water partition coefficient (Wildman–Crippen LogP) is 2.82. The first-order valence-electron chi connectivity index (χ1n) is 5.67. The van der Waals surface area contributed by atoms with E-state index in [1.54, 1.807) is 12.4 Å². The minimum atomic E-state index is 0.737. The third-order valence-electron chi connectivity index (χ3n) is 2.53. The van der Waals surface area contributed by atoms with Crippen molar-refractivity contribution in [3.05, 3.63) is 42.2 Å². The van der Waals surface area contributed by atoms with Crippen molar-refractivity contribution in [2.45, 2.75) is 13.3 Å². The first-order chi connectivity index (χ1) is 8.31. The molecule has 0 spiro atoms. The zero-order valence-electron chi connectivity index (χ0n) is 10.1. The Kier molecular flexibility index (Phi) is 3.55. The number of aryl methyl sites for hydroxylation is 1. The second-order valence-electron chi connectivity index (χ2n) is 3.72. The van der Waals surface area contributed by atoms with Crippen LogP contribution in [0.3, 0.4) is 0 Å². The summed E-state index contributed by atoms with van der Waals surface area (Å²) < 4.78 is 0. The molecule has 0 unspecified atom stereocenters. The quantitative estimate of drug-likeness (QED) is 0.844. The van der Waals surface area contributed by atoms with E-state index >= 15 is 0 Å². The van der Waals surface area contributed by atoms with E-state index in [4.69, 9.17) is 0 Å². The maximum atomic E-state index is 4.34. The van der Waals surface area contributed by atoms with Gasteiger partial charge in [-0.05, 0) is 24.1 Å². The number of hydrogen-bond donors (Lipinski definition) is 2. The van der Waals surface area contributed by atoms with E-state index < -0.39 is 0 Å². The van der Waals surface area contributed by atoms with Crippen LogP contribution in [-0.4, -0.2) is 17.0 Å². The van der Waals surface area contributed by atoms with Gasteiger partial charge in [-0.1, -0.05) is 19.1 Å². The summed E-state index contributed by atoms with van der Waals surface area (Å²) in [5.41, 5.74) is 2.34. The molecule has 0 saturated carbocycles. The average Bonchev–Trinajstić information content (AvgIpc) is 2.40. The highest BCUT2D eigenvalue weighted by atomic mass is 15.1. The van der Waals surface area contributed by atoms with Gasteiger partial charge in [0.25, 0.3) is 0 Å². The maximum Gasteiger partial charge on any atom is 0.151 e. The minimum absolute atomic E-state index is 0.737. The fraction of sp³-hybridized carbons (Fsp3) is 0.231. The molecule has 88 valence electrons. The van der Waals surface area contributed by atoms with Gasteiger partial charge in [0, 0.05) is 12.7 Å². The second-order valence-corrected chi connectivity index (χ2v) is 3.72. The minimum Gasteiger partial charge on any atom is -0.372 e. The lowest BCUT2D eigenvalue weighted by atomic mass is 10.1. The molecule has 0 aliphatic heterocycles. The molecule has 0 fully saturated rings. The Morgan fingerprint density at radius 2 is 1.76 bits per heavy atom. The topological polar surface area (TPSA) is 49.8 Å². The van der Waals surface area contributed by atoms with Crippen molar-refractivity contribution in [1.29, 1.82) is 0 Å². The molecule has 2 aromatic rings. The van der Waals surface area contributed by atoms with Crippen LogP contribution in [0.25, 0.3) is 0 Å². The molecule has 1 aromatic heterocycles. The van der Waals surface area contributed by atoms with E-state index in [2.05, 4.69) is 39.7 Å². The van der Waals surface area contributed by atoms with E-state index in [-0.39, 0.29) is 0 Å². The van der Waals surface area contributed by atoms with Crippen LogP contribution >= 0.6 is 0 Å². The Labute approximate surface area is 101 Å². The molecule has 0 atom stereocenters. The smallest absolute Gasteiger partial charge is 0.151 e. The van der Waals surface area contributed by atoms with E-state index in [1.807, 2.05) is 19.2 Å². The molecule has 0 bridgehead atoms. The van der Waals surface area contributed by atoms with Gasteiger partial charge < -0.3 is 10.6 Å². The standard InChI is InChI=1S/C13H16N4/c1-3-10-4-6-11(7-5-10)16-13-9-15-8-12(14-2)17-13/h4-9H,3H2,1-2H3,(H2,14,16,17). The molecule has 1 heterocycles. The Hall–Kier alpha value is -2.10. The average molecular weight is 228 g/mol. The van der Waals surface area contributed by atoms with Crippen LogP contribution in [0.1, 0.15) is 12.5 Å². The first-order valence-corrected chi connectivity index (χ1v) is 5.67. The number of rotatable bonds is 4. The summed E-state index contributed by atoms with van der Waals surface area (Å²) in [7, 11) is 1.82.